The van der Waals surface area contributed by atoms with Crippen LogP contribution in [0, 0.1) is 5.92 Å². The number of aliphatic hydroxyl groups excluding tert-OH is 3. The molecule has 0 radical (unpaired) electrons. The summed E-state index contributed by atoms with van der Waals surface area (Å²) in [6, 6.07) is 0. The van der Waals surface area contributed by atoms with Crippen LogP contribution in [0.15, 0.2) is 0 Å². The predicted molar refractivity (Wildman–Crippen MR) is 47.2 cm³/mol. The monoisotopic (exact) mass is 187 g/mol. The molecule has 0 aromatic rings. The van der Waals surface area contributed by atoms with Crippen LogP contribution in [0.3, 0.4) is 0 Å². The van der Waals surface area contributed by atoms with E-state index in [2.05, 4.69) is 5.32 Å². The molecular formula is C9H17NO3. The van der Waals surface area contributed by atoms with Gasteiger partial charge in [-0.3, -0.25) is 0 Å². The average molecular weight is 187 g/mol. The quantitative estimate of drug-likeness (QED) is 0.418. The highest BCUT2D eigenvalue weighted by molar-refractivity contribution is 5.14. The third kappa shape index (κ3) is 1.38. The summed E-state index contributed by atoms with van der Waals surface area (Å²) < 4.78 is 0. The molecule has 0 amide bonds. The topological polar surface area (TPSA) is 72.7 Å². The molecule has 4 heteroatoms. The van der Waals surface area contributed by atoms with E-state index in [1.807, 2.05) is 0 Å². The maximum absolute atomic E-state index is 9.73. The first kappa shape index (κ1) is 9.40. The summed E-state index contributed by atoms with van der Waals surface area (Å²) in [5, 5.41) is 31.9. The summed E-state index contributed by atoms with van der Waals surface area (Å²) in [6.45, 7) is 2.11. The predicted octanol–water partition coefficient (Wildman–Crippen LogP) is -1.16. The first-order chi connectivity index (χ1) is 6.07. The highest BCUT2D eigenvalue weighted by atomic mass is 16.3. The minimum absolute atomic E-state index is 0.0905. The molecule has 0 bridgehead atoms. The molecule has 13 heavy (non-hydrogen) atoms. The van der Waals surface area contributed by atoms with Gasteiger partial charge in [0.25, 0.3) is 0 Å². The molecule has 1 saturated carbocycles. The maximum atomic E-state index is 9.73. The molecule has 1 spiro atoms. The van der Waals surface area contributed by atoms with Crippen LogP contribution in [-0.2, 0) is 0 Å². The molecule has 1 heterocycles. The lowest BCUT2D eigenvalue weighted by molar-refractivity contribution is -0.0932. The maximum Gasteiger partial charge on any atom is 0.0927 e. The molecule has 4 nitrogen and oxygen atoms in total. The van der Waals surface area contributed by atoms with E-state index in [-0.39, 0.29) is 11.5 Å². The Balaban J connectivity index is 2.16. The van der Waals surface area contributed by atoms with Crippen molar-refractivity contribution in [1.82, 2.24) is 5.32 Å². The first-order valence-corrected chi connectivity index (χ1v) is 4.86. The van der Waals surface area contributed by atoms with Crippen LogP contribution in [-0.4, -0.2) is 45.7 Å². The van der Waals surface area contributed by atoms with E-state index in [1.165, 1.54) is 0 Å². The number of β-amino-alcohol motifs (C(OH)–C–C–N with tert-alkyl or cyclic N) is 1. The Morgan fingerprint density at radius 3 is 2.46 bits per heavy atom. The van der Waals surface area contributed by atoms with Crippen LogP contribution in [0.1, 0.15) is 19.8 Å². The van der Waals surface area contributed by atoms with Crippen LogP contribution >= 0.6 is 0 Å². The zero-order valence-corrected chi connectivity index (χ0v) is 7.77. The molecule has 0 aromatic carbocycles. The summed E-state index contributed by atoms with van der Waals surface area (Å²) in [6.07, 6.45) is -0.117. The number of hydrogen-bond acceptors (Lipinski definition) is 4. The fourth-order valence-electron chi connectivity index (χ4n) is 2.50. The van der Waals surface area contributed by atoms with Gasteiger partial charge in [0, 0.05) is 18.0 Å². The standard InChI is InChI=1S/C9H17NO3/c1-5(11)7-8(13)6(12)4-10-9(7)2-3-9/h5-8,10-13H,2-4H2,1H3/t5?,6-,7-,8+/m1/s1. The third-order valence-electron chi connectivity index (χ3n) is 3.37. The Kier molecular flexibility index (Phi) is 2.11. The van der Waals surface area contributed by atoms with Gasteiger partial charge in [-0.25, -0.2) is 0 Å². The molecule has 76 valence electrons. The smallest absolute Gasteiger partial charge is 0.0927 e. The highest BCUT2D eigenvalue weighted by Gasteiger charge is 2.57. The van der Waals surface area contributed by atoms with E-state index in [9.17, 15) is 15.3 Å². The molecule has 1 unspecified atom stereocenters. The lowest BCUT2D eigenvalue weighted by Crippen LogP contribution is -2.61. The number of hydrogen-bond donors (Lipinski definition) is 4. The van der Waals surface area contributed by atoms with Gasteiger partial charge in [-0.2, -0.15) is 0 Å². The van der Waals surface area contributed by atoms with Crippen molar-refractivity contribution in [2.45, 2.75) is 43.6 Å². The number of rotatable bonds is 1. The summed E-state index contributed by atoms with van der Waals surface area (Å²) in [5.74, 6) is -0.226. The van der Waals surface area contributed by atoms with Gasteiger partial charge in [-0.15, -0.1) is 0 Å². The van der Waals surface area contributed by atoms with Gasteiger partial charge < -0.3 is 20.6 Å². The average Bonchev–Trinajstić information content (AvgIpc) is 2.79. The molecule has 1 aliphatic heterocycles. The summed E-state index contributed by atoms with van der Waals surface area (Å²) in [4.78, 5) is 0. The molecule has 1 saturated heterocycles. The Labute approximate surface area is 77.6 Å². The second kappa shape index (κ2) is 2.92. The molecule has 2 aliphatic rings. The van der Waals surface area contributed by atoms with E-state index in [1.54, 1.807) is 6.92 Å². The number of aliphatic hydroxyl groups is 3. The zero-order valence-electron chi connectivity index (χ0n) is 7.77. The van der Waals surface area contributed by atoms with Gasteiger partial charge in [0.2, 0.25) is 0 Å². The summed E-state index contributed by atoms with van der Waals surface area (Å²) in [7, 11) is 0. The number of nitrogens with one attached hydrogen (secondary N) is 1. The second-order valence-electron chi connectivity index (χ2n) is 4.36. The van der Waals surface area contributed by atoms with Crippen molar-refractivity contribution >= 4 is 0 Å². The van der Waals surface area contributed by atoms with Gasteiger partial charge in [-0.05, 0) is 19.8 Å². The van der Waals surface area contributed by atoms with Crippen LogP contribution in [0.4, 0.5) is 0 Å². The minimum Gasteiger partial charge on any atom is -0.393 e. The van der Waals surface area contributed by atoms with Crippen molar-refractivity contribution in [3.05, 3.63) is 0 Å². The van der Waals surface area contributed by atoms with E-state index in [0.29, 0.717) is 6.54 Å². The largest absolute Gasteiger partial charge is 0.393 e. The van der Waals surface area contributed by atoms with Gasteiger partial charge >= 0.3 is 0 Å². The summed E-state index contributed by atoms with van der Waals surface area (Å²) in [5.41, 5.74) is -0.0905. The molecule has 2 rings (SSSR count). The van der Waals surface area contributed by atoms with E-state index in [0.717, 1.165) is 12.8 Å². The van der Waals surface area contributed by atoms with Crippen molar-refractivity contribution < 1.29 is 15.3 Å². The fraction of sp³-hybridized carbons (Fsp3) is 1.00. The van der Waals surface area contributed by atoms with Gasteiger partial charge in [-0.1, -0.05) is 0 Å². The Hall–Kier alpha value is -0.160. The van der Waals surface area contributed by atoms with Crippen LogP contribution < -0.4 is 5.32 Å². The van der Waals surface area contributed by atoms with Gasteiger partial charge in [0.1, 0.15) is 0 Å². The lowest BCUT2D eigenvalue weighted by Gasteiger charge is -2.41. The second-order valence-corrected chi connectivity index (χ2v) is 4.36. The van der Waals surface area contributed by atoms with Crippen molar-refractivity contribution in [2.75, 3.05) is 6.54 Å². The number of piperidine rings is 1. The molecule has 4 atom stereocenters. The Morgan fingerprint density at radius 1 is 1.38 bits per heavy atom. The molecule has 0 aromatic heterocycles. The fourth-order valence-corrected chi connectivity index (χ4v) is 2.50. The van der Waals surface area contributed by atoms with Crippen molar-refractivity contribution in [1.29, 1.82) is 0 Å². The van der Waals surface area contributed by atoms with Gasteiger partial charge in [0.15, 0.2) is 0 Å². The van der Waals surface area contributed by atoms with Crippen molar-refractivity contribution in [3.63, 3.8) is 0 Å². The van der Waals surface area contributed by atoms with E-state index < -0.39 is 18.3 Å². The Bertz CT molecular complexity index is 203. The normalized spacial score (nSPS) is 44.8. The lowest BCUT2D eigenvalue weighted by atomic mass is 9.81. The van der Waals surface area contributed by atoms with Crippen LogP contribution in [0.2, 0.25) is 0 Å². The molecular weight excluding hydrogens is 170 g/mol. The van der Waals surface area contributed by atoms with Crippen LogP contribution in [0.5, 0.6) is 0 Å². The van der Waals surface area contributed by atoms with E-state index >= 15 is 0 Å². The molecule has 2 fully saturated rings. The minimum atomic E-state index is -0.788. The molecule has 1 aliphatic carbocycles. The van der Waals surface area contributed by atoms with Gasteiger partial charge in [0.05, 0.1) is 18.3 Å². The van der Waals surface area contributed by atoms with Crippen molar-refractivity contribution in [2.24, 2.45) is 5.92 Å². The summed E-state index contributed by atoms with van der Waals surface area (Å²) >= 11 is 0. The Morgan fingerprint density at radius 2 is 2.00 bits per heavy atom. The first-order valence-electron chi connectivity index (χ1n) is 4.86. The zero-order chi connectivity index (χ0) is 9.64. The highest BCUT2D eigenvalue weighted by Crippen LogP contribution is 2.47. The van der Waals surface area contributed by atoms with E-state index in [4.69, 9.17) is 0 Å². The third-order valence-corrected chi connectivity index (χ3v) is 3.37. The van der Waals surface area contributed by atoms with Crippen molar-refractivity contribution in [3.8, 4) is 0 Å². The SMILES string of the molecule is CC(O)[C@@H]1[C@@H](O)[C@H](O)CNC12CC2. The molecule has 4 N–H and O–H groups in total. The van der Waals surface area contributed by atoms with Crippen LogP contribution in [0.25, 0.3) is 0 Å².